The van der Waals surface area contributed by atoms with Gasteiger partial charge in [0.05, 0.1) is 0 Å². The number of rotatable bonds is 6. The highest BCUT2D eigenvalue weighted by Gasteiger charge is 2.36. The maximum Gasteiger partial charge on any atom is 0.409 e. The van der Waals surface area contributed by atoms with E-state index in [4.69, 9.17) is 9.84 Å². The van der Waals surface area contributed by atoms with E-state index < -0.39 is 29.6 Å². The molecule has 0 radical (unpaired) electrons. The number of carboxylic acid groups (broad SMARTS) is 1. The zero-order valence-electron chi connectivity index (χ0n) is 12.8. The molecule has 7 nitrogen and oxygen atoms in total. The topological polar surface area (TPSA) is 105 Å². The van der Waals surface area contributed by atoms with E-state index in [9.17, 15) is 14.4 Å². The Hall–Kier alpha value is -2.57. The van der Waals surface area contributed by atoms with E-state index in [0.29, 0.717) is 0 Å². The van der Waals surface area contributed by atoms with E-state index >= 15 is 0 Å². The Kier molecular flexibility index (Phi) is 5.91. The molecule has 0 aliphatic carbocycles. The largest absolute Gasteiger partial charge is 0.480 e. The third-order valence-corrected chi connectivity index (χ3v) is 3.00. The first-order valence-electron chi connectivity index (χ1n) is 6.75. The van der Waals surface area contributed by atoms with Crippen LogP contribution in [0.1, 0.15) is 26.3 Å². The van der Waals surface area contributed by atoms with Crippen LogP contribution in [0.25, 0.3) is 0 Å². The molecule has 1 rings (SSSR count). The predicted octanol–water partition coefficient (Wildman–Crippen LogP) is 1.49. The van der Waals surface area contributed by atoms with Crippen LogP contribution in [0.15, 0.2) is 30.3 Å². The van der Waals surface area contributed by atoms with Crippen molar-refractivity contribution in [3.05, 3.63) is 35.9 Å². The normalized spacial score (nSPS) is 12.1. The zero-order chi connectivity index (χ0) is 16.8. The number of carboxylic acids is 1. The van der Waals surface area contributed by atoms with E-state index in [1.54, 1.807) is 0 Å². The number of aliphatic carboxylic acids is 1. The van der Waals surface area contributed by atoms with Crippen LogP contribution in [-0.2, 0) is 20.9 Å². The van der Waals surface area contributed by atoms with Crippen molar-refractivity contribution in [2.24, 2.45) is 5.41 Å². The quantitative estimate of drug-likeness (QED) is 0.545. The summed E-state index contributed by atoms with van der Waals surface area (Å²) in [5.74, 6) is -1.94. The van der Waals surface area contributed by atoms with Crippen LogP contribution in [-0.4, -0.2) is 29.2 Å². The fourth-order valence-corrected chi connectivity index (χ4v) is 1.45. The standard InChI is InChI=1S/C15H20N2O5/c1-10(16-12(18)15(2,3)13(19)20)17-14(21)22-9-11-7-5-4-6-8-11/h4-8,10H,9H2,1-3H3,(H,16,18)(H,17,21)(H,19,20). The molecule has 120 valence electrons. The summed E-state index contributed by atoms with van der Waals surface area (Å²) in [6.07, 6.45) is -1.46. The molecule has 1 aromatic rings. The van der Waals surface area contributed by atoms with E-state index in [1.807, 2.05) is 30.3 Å². The average molecular weight is 308 g/mol. The number of carbonyl (C=O) groups is 3. The Balaban J connectivity index is 2.41. The number of ether oxygens (including phenoxy) is 1. The zero-order valence-corrected chi connectivity index (χ0v) is 12.8. The van der Waals surface area contributed by atoms with Crippen molar-refractivity contribution in [3.8, 4) is 0 Å². The van der Waals surface area contributed by atoms with Gasteiger partial charge in [-0.1, -0.05) is 30.3 Å². The van der Waals surface area contributed by atoms with Crippen molar-refractivity contribution in [1.82, 2.24) is 10.6 Å². The third-order valence-electron chi connectivity index (χ3n) is 3.00. The van der Waals surface area contributed by atoms with Crippen molar-refractivity contribution in [3.63, 3.8) is 0 Å². The highest BCUT2D eigenvalue weighted by molar-refractivity contribution is 6.01. The van der Waals surface area contributed by atoms with E-state index in [2.05, 4.69) is 10.6 Å². The Morgan fingerprint density at radius 1 is 1.18 bits per heavy atom. The fourth-order valence-electron chi connectivity index (χ4n) is 1.45. The Labute approximate surface area is 128 Å². The summed E-state index contributed by atoms with van der Waals surface area (Å²) in [4.78, 5) is 34.3. The summed E-state index contributed by atoms with van der Waals surface area (Å²) >= 11 is 0. The molecule has 1 unspecified atom stereocenters. The van der Waals surface area contributed by atoms with Crippen molar-refractivity contribution >= 4 is 18.0 Å². The molecule has 22 heavy (non-hydrogen) atoms. The molecule has 7 heteroatoms. The minimum atomic E-state index is -1.58. The van der Waals surface area contributed by atoms with Gasteiger partial charge in [-0.15, -0.1) is 0 Å². The van der Waals surface area contributed by atoms with E-state index in [-0.39, 0.29) is 6.61 Å². The molecule has 0 fully saturated rings. The molecule has 0 heterocycles. The molecular formula is C15H20N2O5. The minimum absolute atomic E-state index is 0.105. The molecule has 0 aliphatic rings. The molecule has 0 saturated carbocycles. The number of carbonyl (C=O) groups excluding carboxylic acids is 2. The minimum Gasteiger partial charge on any atom is -0.480 e. The number of hydrogen-bond donors (Lipinski definition) is 3. The summed E-state index contributed by atoms with van der Waals surface area (Å²) in [6, 6.07) is 9.13. The maximum atomic E-state index is 11.8. The van der Waals surface area contributed by atoms with Gasteiger partial charge >= 0.3 is 12.1 Å². The first-order valence-corrected chi connectivity index (χ1v) is 6.75. The van der Waals surface area contributed by atoms with Crippen LogP contribution in [0.4, 0.5) is 4.79 Å². The van der Waals surface area contributed by atoms with E-state index in [0.717, 1.165) is 5.56 Å². The summed E-state index contributed by atoms with van der Waals surface area (Å²) in [5.41, 5.74) is -0.745. The second kappa shape index (κ2) is 7.44. The van der Waals surface area contributed by atoms with Gasteiger partial charge in [-0.05, 0) is 26.3 Å². The SMILES string of the molecule is CC(NC(=O)OCc1ccccc1)NC(=O)C(C)(C)C(=O)O. The molecule has 0 aromatic heterocycles. The molecule has 1 aromatic carbocycles. The lowest BCUT2D eigenvalue weighted by molar-refractivity contribution is -0.153. The molecule has 0 aliphatic heterocycles. The molecule has 2 amide bonds. The van der Waals surface area contributed by atoms with Crippen molar-refractivity contribution in [2.75, 3.05) is 0 Å². The number of hydrogen-bond acceptors (Lipinski definition) is 4. The first kappa shape index (κ1) is 17.5. The van der Waals surface area contributed by atoms with Crippen molar-refractivity contribution in [1.29, 1.82) is 0 Å². The van der Waals surface area contributed by atoms with Gasteiger partial charge in [-0.25, -0.2) is 4.79 Å². The lowest BCUT2D eigenvalue weighted by Gasteiger charge is -2.22. The average Bonchev–Trinajstić information content (AvgIpc) is 2.45. The van der Waals surface area contributed by atoms with Crippen molar-refractivity contribution < 1.29 is 24.2 Å². The predicted molar refractivity (Wildman–Crippen MR) is 78.8 cm³/mol. The molecule has 3 N–H and O–H groups in total. The van der Waals surface area contributed by atoms with Gasteiger partial charge in [-0.2, -0.15) is 0 Å². The van der Waals surface area contributed by atoms with Gasteiger partial charge in [0.2, 0.25) is 5.91 Å². The van der Waals surface area contributed by atoms with Crippen LogP contribution in [0.3, 0.4) is 0 Å². The second-order valence-electron chi connectivity index (χ2n) is 5.33. The van der Waals surface area contributed by atoms with Gasteiger partial charge in [0.25, 0.3) is 0 Å². The van der Waals surface area contributed by atoms with Gasteiger partial charge in [-0.3, -0.25) is 9.59 Å². The van der Waals surface area contributed by atoms with Gasteiger partial charge in [0.15, 0.2) is 0 Å². The number of benzene rings is 1. The lowest BCUT2D eigenvalue weighted by Crippen LogP contribution is -2.51. The Bertz CT molecular complexity index is 542. The summed E-state index contributed by atoms with van der Waals surface area (Å²) in [7, 11) is 0. The van der Waals surface area contributed by atoms with Crippen LogP contribution >= 0.6 is 0 Å². The number of amides is 2. The molecule has 1 atom stereocenters. The molecular weight excluding hydrogens is 288 g/mol. The van der Waals surface area contributed by atoms with Crippen molar-refractivity contribution in [2.45, 2.75) is 33.5 Å². The summed E-state index contributed by atoms with van der Waals surface area (Å²) in [5, 5.41) is 13.7. The van der Waals surface area contributed by atoms with Crippen LogP contribution in [0.2, 0.25) is 0 Å². The third kappa shape index (κ3) is 5.08. The maximum absolute atomic E-state index is 11.8. The Morgan fingerprint density at radius 3 is 2.32 bits per heavy atom. The lowest BCUT2D eigenvalue weighted by atomic mass is 9.92. The Morgan fingerprint density at radius 2 is 1.77 bits per heavy atom. The monoisotopic (exact) mass is 308 g/mol. The first-order chi connectivity index (χ1) is 10.2. The van der Waals surface area contributed by atoms with Gasteiger partial charge < -0.3 is 20.5 Å². The van der Waals surface area contributed by atoms with Crippen LogP contribution in [0, 0.1) is 5.41 Å². The van der Waals surface area contributed by atoms with Crippen LogP contribution < -0.4 is 10.6 Å². The summed E-state index contributed by atoms with van der Waals surface area (Å²) < 4.78 is 5.00. The molecule has 0 spiro atoms. The highest BCUT2D eigenvalue weighted by Crippen LogP contribution is 2.15. The van der Waals surface area contributed by atoms with Crippen LogP contribution in [0.5, 0.6) is 0 Å². The van der Waals surface area contributed by atoms with E-state index in [1.165, 1.54) is 20.8 Å². The molecule has 0 bridgehead atoms. The second-order valence-corrected chi connectivity index (χ2v) is 5.33. The van der Waals surface area contributed by atoms with Gasteiger partial charge in [0.1, 0.15) is 18.2 Å². The molecule has 0 saturated heterocycles. The summed E-state index contributed by atoms with van der Waals surface area (Å²) in [6.45, 7) is 4.18. The van der Waals surface area contributed by atoms with Gasteiger partial charge in [0, 0.05) is 0 Å². The number of alkyl carbamates (subject to hydrolysis) is 1. The highest BCUT2D eigenvalue weighted by atomic mass is 16.5. The fraction of sp³-hybridized carbons (Fsp3) is 0.400. The number of nitrogens with one attached hydrogen (secondary N) is 2. The smallest absolute Gasteiger partial charge is 0.409 e.